The molecule has 1 N–H and O–H groups in total. The van der Waals surface area contributed by atoms with Crippen molar-refractivity contribution in [3.63, 3.8) is 0 Å². The average molecular weight is 255 g/mol. The van der Waals surface area contributed by atoms with E-state index in [0.717, 1.165) is 12.2 Å². The van der Waals surface area contributed by atoms with Gasteiger partial charge >= 0.3 is 0 Å². The summed E-state index contributed by atoms with van der Waals surface area (Å²) in [5.74, 6) is 0. The molecule has 2 rings (SSSR count). The summed E-state index contributed by atoms with van der Waals surface area (Å²) >= 11 is 0. The quantitative estimate of drug-likeness (QED) is 0.890. The molecule has 1 aromatic carbocycles. The summed E-state index contributed by atoms with van der Waals surface area (Å²) in [4.78, 5) is 6.46. The van der Waals surface area contributed by atoms with Crippen molar-refractivity contribution in [2.75, 3.05) is 19.0 Å². The zero-order valence-electron chi connectivity index (χ0n) is 11.8. The van der Waals surface area contributed by atoms with Gasteiger partial charge in [-0.15, -0.1) is 0 Å². The van der Waals surface area contributed by atoms with Crippen LogP contribution in [0.1, 0.15) is 24.2 Å². The Hall–Kier alpha value is -1.87. The lowest BCUT2D eigenvalue weighted by molar-refractivity contribution is 0.561. The predicted molar refractivity (Wildman–Crippen MR) is 80.3 cm³/mol. The lowest BCUT2D eigenvalue weighted by atomic mass is 10.1. The highest BCUT2D eigenvalue weighted by Gasteiger charge is 2.05. The van der Waals surface area contributed by atoms with Crippen molar-refractivity contribution in [3.05, 3.63) is 59.9 Å². The van der Waals surface area contributed by atoms with Gasteiger partial charge in [-0.3, -0.25) is 4.98 Å². The maximum atomic E-state index is 4.36. The van der Waals surface area contributed by atoms with Crippen LogP contribution in [-0.4, -0.2) is 19.1 Å². The van der Waals surface area contributed by atoms with Crippen LogP contribution < -0.4 is 10.2 Å². The SMILES string of the molecule is CC(NCc1ccc(N(C)C)cc1)c1ccccn1. The van der Waals surface area contributed by atoms with E-state index in [1.807, 2.05) is 24.4 Å². The summed E-state index contributed by atoms with van der Waals surface area (Å²) in [7, 11) is 4.10. The molecule has 0 radical (unpaired) electrons. The molecule has 0 spiro atoms. The fourth-order valence-electron chi connectivity index (χ4n) is 1.92. The lowest BCUT2D eigenvalue weighted by Gasteiger charge is -2.15. The first-order chi connectivity index (χ1) is 9.16. The first-order valence-corrected chi connectivity index (χ1v) is 6.57. The molecule has 0 amide bonds. The highest BCUT2D eigenvalue weighted by molar-refractivity contribution is 5.45. The molecule has 0 aliphatic heterocycles. The number of aromatic nitrogens is 1. The third-order valence-corrected chi connectivity index (χ3v) is 3.20. The van der Waals surface area contributed by atoms with Crippen molar-refractivity contribution in [2.45, 2.75) is 19.5 Å². The van der Waals surface area contributed by atoms with Gasteiger partial charge < -0.3 is 10.2 Å². The number of nitrogens with one attached hydrogen (secondary N) is 1. The molecule has 3 heteroatoms. The van der Waals surface area contributed by atoms with E-state index in [0.29, 0.717) is 0 Å². The first kappa shape index (κ1) is 13.6. The molecule has 0 saturated carbocycles. The fourth-order valence-corrected chi connectivity index (χ4v) is 1.92. The van der Waals surface area contributed by atoms with E-state index in [1.54, 1.807) is 0 Å². The topological polar surface area (TPSA) is 28.2 Å². The minimum Gasteiger partial charge on any atom is -0.378 e. The Labute approximate surface area is 115 Å². The van der Waals surface area contributed by atoms with E-state index in [-0.39, 0.29) is 6.04 Å². The molecule has 100 valence electrons. The minimum atomic E-state index is 0.259. The Balaban J connectivity index is 1.92. The number of hydrogen-bond donors (Lipinski definition) is 1. The third-order valence-electron chi connectivity index (χ3n) is 3.20. The molecule has 0 aliphatic rings. The monoisotopic (exact) mass is 255 g/mol. The Morgan fingerprint density at radius 1 is 1.11 bits per heavy atom. The second kappa shape index (κ2) is 6.34. The maximum Gasteiger partial charge on any atom is 0.0570 e. The highest BCUT2D eigenvalue weighted by atomic mass is 15.1. The van der Waals surface area contributed by atoms with Crippen molar-refractivity contribution in [3.8, 4) is 0 Å². The summed E-state index contributed by atoms with van der Waals surface area (Å²) < 4.78 is 0. The highest BCUT2D eigenvalue weighted by Crippen LogP contribution is 2.14. The minimum absolute atomic E-state index is 0.259. The van der Waals surface area contributed by atoms with Crippen LogP contribution >= 0.6 is 0 Å². The summed E-state index contributed by atoms with van der Waals surface area (Å²) in [5.41, 5.74) is 3.59. The van der Waals surface area contributed by atoms with Crippen LogP contribution in [-0.2, 0) is 6.54 Å². The molecule has 0 saturated heterocycles. The molecular formula is C16H21N3. The summed E-state index contributed by atoms with van der Waals surface area (Å²) in [5, 5.41) is 3.49. The van der Waals surface area contributed by atoms with Crippen LogP contribution in [0.15, 0.2) is 48.7 Å². The Bertz CT molecular complexity index is 491. The number of hydrogen-bond acceptors (Lipinski definition) is 3. The smallest absolute Gasteiger partial charge is 0.0570 e. The van der Waals surface area contributed by atoms with Gasteiger partial charge in [-0.2, -0.15) is 0 Å². The van der Waals surface area contributed by atoms with Gasteiger partial charge in [-0.05, 0) is 36.8 Å². The average Bonchev–Trinajstić information content (AvgIpc) is 2.46. The van der Waals surface area contributed by atoms with Gasteiger partial charge in [0.25, 0.3) is 0 Å². The van der Waals surface area contributed by atoms with Crippen LogP contribution in [0.3, 0.4) is 0 Å². The van der Waals surface area contributed by atoms with E-state index in [4.69, 9.17) is 0 Å². The van der Waals surface area contributed by atoms with Crippen molar-refractivity contribution >= 4 is 5.69 Å². The molecule has 0 fully saturated rings. The second-order valence-electron chi connectivity index (χ2n) is 4.92. The van der Waals surface area contributed by atoms with Gasteiger partial charge in [0.05, 0.1) is 5.69 Å². The second-order valence-corrected chi connectivity index (χ2v) is 4.92. The fraction of sp³-hybridized carbons (Fsp3) is 0.312. The van der Waals surface area contributed by atoms with Crippen LogP contribution in [0.4, 0.5) is 5.69 Å². The van der Waals surface area contributed by atoms with Gasteiger partial charge in [-0.25, -0.2) is 0 Å². The number of benzene rings is 1. The maximum absolute atomic E-state index is 4.36. The standard InChI is InChI=1S/C16H21N3/c1-13(16-6-4-5-11-17-16)18-12-14-7-9-15(10-8-14)19(2)3/h4-11,13,18H,12H2,1-3H3. The molecule has 1 heterocycles. The van der Waals surface area contributed by atoms with Gasteiger partial charge in [0.2, 0.25) is 0 Å². The molecule has 1 aromatic heterocycles. The molecule has 19 heavy (non-hydrogen) atoms. The molecule has 1 unspecified atom stereocenters. The molecule has 3 nitrogen and oxygen atoms in total. The number of anilines is 1. The molecule has 0 aliphatic carbocycles. The summed E-state index contributed by atoms with van der Waals surface area (Å²) in [6, 6.07) is 14.9. The van der Waals surface area contributed by atoms with Crippen LogP contribution in [0, 0.1) is 0 Å². The zero-order chi connectivity index (χ0) is 13.7. The number of pyridine rings is 1. The van der Waals surface area contributed by atoms with Crippen molar-refractivity contribution < 1.29 is 0 Å². The first-order valence-electron chi connectivity index (χ1n) is 6.57. The summed E-state index contributed by atoms with van der Waals surface area (Å²) in [6.45, 7) is 2.99. The molecular weight excluding hydrogens is 234 g/mol. The Kier molecular flexibility index (Phi) is 4.53. The third kappa shape index (κ3) is 3.80. The molecule has 1 atom stereocenters. The van der Waals surface area contributed by atoms with Gasteiger partial charge in [-0.1, -0.05) is 18.2 Å². The molecule has 0 bridgehead atoms. The van der Waals surface area contributed by atoms with Gasteiger partial charge in [0, 0.05) is 38.6 Å². The largest absolute Gasteiger partial charge is 0.378 e. The van der Waals surface area contributed by atoms with E-state index in [9.17, 15) is 0 Å². The Morgan fingerprint density at radius 2 is 1.84 bits per heavy atom. The predicted octanol–water partition coefficient (Wildman–Crippen LogP) is 3.00. The van der Waals surface area contributed by atoms with Crippen LogP contribution in [0.2, 0.25) is 0 Å². The van der Waals surface area contributed by atoms with Crippen molar-refractivity contribution in [2.24, 2.45) is 0 Å². The Morgan fingerprint density at radius 3 is 2.42 bits per heavy atom. The van der Waals surface area contributed by atoms with E-state index >= 15 is 0 Å². The summed E-state index contributed by atoms with van der Waals surface area (Å²) in [6.07, 6.45) is 1.83. The van der Waals surface area contributed by atoms with Gasteiger partial charge in [0.1, 0.15) is 0 Å². The lowest BCUT2D eigenvalue weighted by Crippen LogP contribution is -2.19. The molecule has 2 aromatic rings. The number of rotatable bonds is 5. The van der Waals surface area contributed by atoms with Crippen LogP contribution in [0.5, 0.6) is 0 Å². The van der Waals surface area contributed by atoms with Crippen molar-refractivity contribution in [1.29, 1.82) is 0 Å². The van der Waals surface area contributed by atoms with Crippen LogP contribution in [0.25, 0.3) is 0 Å². The normalized spacial score (nSPS) is 12.2. The van der Waals surface area contributed by atoms with E-state index < -0.39 is 0 Å². The number of nitrogens with zero attached hydrogens (tertiary/aromatic N) is 2. The van der Waals surface area contributed by atoms with Crippen molar-refractivity contribution in [1.82, 2.24) is 10.3 Å². The van der Waals surface area contributed by atoms with E-state index in [2.05, 4.69) is 60.5 Å². The van der Waals surface area contributed by atoms with E-state index in [1.165, 1.54) is 11.3 Å². The van der Waals surface area contributed by atoms with Gasteiger partial charge in [0.15, 0.2) is 0 Å². The zero-order valence-corrected chi connectivity index (χ0v) is 11.8.